The van der Waals surface area contributed by atoms with E-state index >= 15 is 0 Å². The number of amides is 1. The third-order valence-electron chi connectivity index (χ3n) is 2.87. The topological polar surface area (TPSA) is 66.6 Å². The van der Waals surface area contributed by atoms with Gasteiger partial charge in [-0.1, -0.05) is 6.92 Å². The second kappa shape index (κ2) is 3.31. The van der Waals surface area contributed by atoms with Crippen LogP contribution in [0, 0.1) is 0 Å². The van der Waals surface area contributed by atoms with Crippen molar-refractivity contribution in [1.82, 2.24) is 4.90 Å². The Hall–Kier alpha value is -0.770. The first-order chi connectivity index (χ1) is 5.66. The van der Waals surface area contributed by atoms with Crippen LogP contribution in [-0.4, -0.2) is 34.7 Å². The quantitative estimate of drug-likeness (QED) is 0.649. The van der Waals surface area contributed by atoms with E-state index in [1.807, 2.05) is 6.92 Å². The average Bonchev–Trinajstić information content (AvgIpc) is 2.48. The molecule has 0 bridgehead atoms. The fourth-order valence-corrected chi connectivity index (χ4v) is 1.96. The number of hydrogen-bond donors (Lipinski definition) is 2. The smallest absolute Gasteiger partial charge is 0.407 e. The van der Waals surface area contributed by atoms with Crippen LogP contribution in [0.2, 0.25) is 0 Å². The zero-order valence-corrected chi connectivity index (χ0v) is 7.42. The summed E-state index contributed by atoms with van der Waals surface area (Å²) in [4.78, 5) is 12.3. The summed E-state index contributed by atoms with van der Waals surface area (Å²) < 4.78 is 0. The Balaban J connectivity index is 2.78. The number of nitrogens with two attached hydrogens (primary N) is 1. The van der Waals surface area contributed by atoms with E-state index in [0.29, 0.717) is 13.1 Å². The van der Waals surface area contributed by atoms with Crippen LogP contribution in [0.3, 0.4) is 0 Å². The molecule has 1 atom stereocenters. The number of nitrogens with zero attached hydrogens (tertiary/aromatic N) is 1. The number of carboxylic acid groups (broad SMARTS) is 1. The molecule has 0 saturated carbocycles. The van der Waals surface area contributed by atoms with Gasteiger partial charge in [0.15, 0.2) is 0 Å². The van der Waals surface area contributed by atoms with Crippen LogP contribution in [0.4, 0.5) is 4.79 Å². The van der Waals surface area contributed by atoms with Gasteiger partial charge in [0, 0.05) is 13.1 Å². The SMILES string of the molecule is CC[C@@]1(CN)CCCN1C(=O)O. The van der Waals surface area contributed by atoms with Crippen molar-refractivity contribution in [2.75, 3.05) is 13.1 Å². The van der Waals surface area contributed by atoms with Gasteiger partial charge in [0.05, 0.1) is 5.54 Å². The monoisotopic (exact) mass is 172 g/mol. The molecule has 1 amide bonds. The Kier molecular flexibility index (Phi) is 2.57. The van der Waals surface area contributed by atoms with Crippen molar-refractivity contribution in [2.45, 2.75) is 31.7 Å². The number of rotatable bonds is 2. The van der Waals surface area contributed by atoms with Crippen LogP contribution in [0.5, 0.6) is 0 Å². The first-order valence-electron chi connectivity index (χ1n) is 4.37. The molecule has 70 valence electrons. The van der Waals surface area contributed by atoms with Crippen LogP contribution in [-0.2, 0) is 0 Å². The fraction of sp³-hybridized carbons (Fsp3) is 0.875. The molecule has 0 aliphatic carbocycles. The van der Waals surface area contributed by atoms with Crippen molar-refractivity contribution in [2.24, 2.45) is 5.73 Å². The average molecular weight is 172 g/mol. The van der Waals surface area contributed by atoms with Crippen LogP contribution in [0.1, 0.15) is 26.2 Å². The number of carbonyl (C=O) groups is 1. The van der Waals surface area contributed by atoms with Gasteiger partial charge in [0.25, 0.3) is 0 Å². The van der Waals surface area contributed by atoms with Gasteiger partial charge in [0.1, 0.15) is 0 Å². The summed E-state index contributed by atoms with van der Waals surface area (Å²) in [6.07, 6.45) is 1.83. The Morgan fingerprint density at radius 1 is 1.75 bits per heavy atom. The van der Waals surface area contributed by atoms with Crippen molar-refractivity contribution in [3.63, 3.8) is 0 Å². The van der Waals surface area contributed by atoms with E-state index in [4.69, 9.17) is 10.8 Å². The Morgan fingerprint density at radius 2 is 2.42 bits per heavy atom. The van der Waals surface area contributed by atoms with Crippen molar-refractivity contribution in [3.8, 4) is 0 Å². The Labute approximate surface area is 72.3 Å². The van der Waals surface area contributed by atoms with Crippen molar-refractivity contribution < 1.29 is 9.90 Å². The van der Waals surface area contributed by atoms with Gasteiger partial charge < -0.3 is 15.7 Å². The fourth-order valence-electron chi connectivity index (χ4n) is 1.96. The van der Waals surface area contributed by atoms with Gasteiger partial charge in [-0.15, -0.1) is 0 Å². The first-order valence-corrected chi connectivity index (χ1v) is 4.37. The maximum absolute atomic E-state index is 10.8. The molecule has 1 heterocycles. The van der Waals surface area contributed by atoms with Crippen LogP contribution in [0.15, 0.2) is 0 Å². The van der Waals surface area contributed by atoms with E-state index in [1.54, 1.807) is 0 Å². The van der Waals surface area contributed by atoms with Gasteiger partial charge in [-0.25, -0.2) is 4.79 Å². The van der Waals surface area contributed by atoms with Crippen molar-refractivity contribution >= 4 is 6.09 Å². The summed E-state index contributed by atoms with van der Waals surface area (Å²) in [5, 5.41) is 8.88. The molecular formula is C8H16N2O2. The lowest BCUT2D eigenvalue weighted by atomic mass is 9.93. The minimum Gasteiger partial charge on any atom is -0.465 e. The predicted octanol–water partition coefficient (Wildman–Crippen LogP) is 0.868. The summed E-state index contributed by atoms with van der Waals surface area (Å²) in [7, 11) is 0. The molecule has 0 aromatic rings. The molecule has 1 fully saturated rings. The lowest BCUT2D eigenvalue weighted by molar-refractivity contribution is 0.103. The lowest BCUT2D eigenvalue weighted by Crippen LogP contribution is -2.51. The van der Waals surface area contributed by atoms with E-state index in [1.165, 1.54) is 4.90 Å². The largest absolute Gasteiger partial charge is 0.465 e. The summed E-state index contributed by atoms with van der Waals surface area (Å²) in [6.45, 7) is 3.07. The van der Waals surface area contributed by atoms with Crippen molar-refractivity contribution in [3.05, 3.63) is 0 Å². The molecule has 0 radical (unpaired) electrons. The minimum absolute atomic E-state index is 0.272. The third-order valence-corrected chi connectivity index (χ3v) is 2.87. The van der Waals surface area contributed by atoms with Crippen LogP contribution >= 0.6 is 0 Å². The lowest BCUT2D eigenvalue weighted by Gasteiger charge is -2.34. The minimum atomic E-state index is -0.834. The number of likely N-dealkylation sites (tertiary alicyclic amines) is 1. The standard InChI is InChI=1S/C8H16N2O2/c1-2-8(6-9)4-3-5-10(8)7(11)12/h2-6,9H2,1H3,(H,11,12)/t8-/m0/s1. The molecule has 3 N–H and O–H groups in total. The van der Waals surface area contributed by atoms with E-state index in [2.05, 4.69) is 0 Å². The highest BCUT2D eigenvalue weighted by Crippen LogP contribution is 2.31. The first kappa shape index (κ1) is 9.32. The molecular weight excluding hydrogens is 156 g/mol. The zero-order valence-electron chi connectivity index (χ0n) is 7.42. The maximum Gasteiger partial charge on any atom is 0.407 e. The molecule has 12 heavy (non-hydrogen) atoms. The van der Waals surface area contributed by atoms with Gasteiger partial charge in [-0.2, -0.15) is 0 Å². The highest BCUT2D eigenvalue weighted by Gasteiger charge is 2.40. The molecule has 0 aromatic heterocycles. The molecule has 1 saturated heterocycles. The second-order valence-corrected chi connectivity index (χ2v) is 3.32. The third kappa shape index (κ3) is 1.27. The van der Waals surface area contributed by atoms with E-state index < -0.39 is 6.09 Å². The predicted molar refractivity (Wildman–Crippen MR) is 46.0 cm³/mol. The molecule has 4 nitrogen and oxygen atoms in total. The highest BCUT2D eigenvalue weighted by atomic mass is 16.4. The highest BCUT2D eigenvalue weighted by molar-refractivity contribution is 5.66. The van der Waals surface area contributed by atoms with Crippen LogP contribution in [0.25, 0.3) is 0 Å². The molecule has 0 spiro atoms. The second-order valence-electron chi connectivity index (χ2n) is 3.32. The summed E-state index contributed by atoms with van der Waals surface area (Å²) >= 11 is 0. The van der Waals surface area contributed by atoms with Gasteiger partial charge in [0.2, 0.25) is 0 Å². The maximum atomic E-state index is 10.8. The number of hydrogen-bond acceptors (Lipinski definition) is 2. The Morgan fingerprint density at radius 3 is 2.75 bits per heavy atom. The molecule has 4 heteroatoms. The van der Waals surface area contributed by atoms with Gasteiger partial charge >= 0.3 is 6.09 Å². The summed E-state index contributed by atoms with van der Waals surface area (Å²) in [5.41, 5.74) is 5.33. The van der Waals surface area contributed by atoms with Gasteiger partial charge in [-0.3, -0.25) is 0 Å². The molecule has 1 aliphatic heterocycles. The molecule has 0 aromatic carbocycles. The van der Waals surface area contributed by atoms with E-state index in [-0.39, 0.29) is 5.54 Å². The molecule has 1 aliphatic rings. The molecule has 0 unspecified atom stereocenters. The van der Waals surface area contributed by atoms with Crippen LogP contribution < -0.4 is 5.73 Å². The summed E-state index contributed by atoms with van der Waals surface area (Å²) in [6, 6.07) is 0. The zero-order chi connectivity index (χ0) is 9.19. The van der Waals surface area contributed by atoms with E-state index in [9.17, 15) is 4.79 Å². The van der Waals surface area contributed by atoms with Crippen molar-refractivity contribution in [1.29, 1.82) is 0 Å². The van der Waals surface area contributed by atoms with E-state index in [0.717, 1.165) is 19.3 Å². The molecule has 1 rings (SSSR count). The Bertz CT molecular complexity index is 178. The van der Waals surface area contributed by atoms with Gasteiger partial charge in [-0.05, 0) is 19.3 Å². The summed E-state index contributed by atoms with van der Waals surface area (Å²) in [5.74, 6) is 0. The normalized spacial score (nSPS) is 29.3.